The van der Waals surface area contributed by atoms with E-state index in [4.69, 9.17) is 11.6 Å². The van der Waals surface area contributed by atoms with Crippen molar-refractivity contribution >= 4 is 11.6 Å². The number of hydrogen-bond acceptors (Lipinski definition) is 2. The Bertz CT molecular complexity index is 874. The lowest BCUT2D eigenvalue weighted by Crippen LogP contribution is -2.40. The van der Waals surface area contributed by atoms with E-state index in [2.05, 4.69) is 0 Å². The molecule has 0 aliphatic carbocycles. The summed E-state index contributed by atoms with van der Waals surface area (Å²) >= 11 is 5.86. The average Bonchev–Trinajstić information content (AvgIpc) is 2.58. The zero-order valence-corrected chi connectivity index (χ0v) is 14.0. The highest BCUT2D eigenvalue weighted by molar-refractivity contribution is 6.30. The maximum absolute atomic E-state index is 12.3. The van der Waals surface area contributed by atoms with Gasteiger partial charge < -0.3 is 9.13 Å². The van der Waals surface area contributed by atoms with Gasteiger partial charge in [0, 0.05) is 17.4 Å². The van der Waals surface area contributed by atoms with Gasteiger partial charge in [0.05, 0.1) is 13.1 Å². The van der Waals surface area contributed by atoms with Crippen LogP contribution < -0.4 is 11.1 Å². The molecule has 0 unspecified atom stereocenters. The highest BCUT2D eigenvalue weighted by Gasteiger charge is 2.06. The van der Waals surface area contributed by atoms with E-state index in [0.717, 1.165) is 16.7 Å². The van der Waals surface area contributed by atoms with Crippen LogP contribution in [0.5, 0.6) is 0 Å². The zero-order valence-electron chi connectivity index (χ0n) is 13.3. The van der Waals surface area contributed by atoms with Gasteiger partial charge in [-0.15, -0.1) is 0 Å². The Morgan fingerprint density at radius 3 is 1.62 bits per heavy atom. The first-order valence-electron chi connectivity index (χ1n) is 7.63. The molecule has 4 nitrogen and oxygen atoms in total. The molecule has 0 radical (unpaired) electrons. The molecule has 0 bridgehead atoms. The smallest absolute Gasteiger partial charge is 0.305 e. The molecular weight excluding hydrogens is 324 g/mol. The van der Waals surface area contributed by atoms with Crippen LogP contribution in [0.4, 0.5) is 0 Å². The molecule has 0 aliphatic rings. The van der Waals surface area contributed by atoms with E-state index in [0.29, 0.717) is 18.1 Å². The number of hydrogen-bond donors (Lipinski definition) is 0. The molecule has 0 spiro atoms. The minimum absolute atomic E-state index is 0.344. The van der Waals surface area contributed by atoms with Gasteiger partial charge in [-0.05, 0) is 30.2 Å². The third-order valence-corrected chi connectivity index (χ3v) is 4.12. The van der Waals surface area contributed by atoms with Crippen LogP contribution in [0.1, 0.15) is 16.7 Å². The highest BCUT2D eigenvalue weighted by atomic mass is 35.5. The lowest BCUT2D eigenvalue weighted by molar-refractivity contribution is 0.666. The van der Waals surface area contributed by atoms with Crippen LogP contribution in [0.3, 0.4) is 0 Å². The fourth-order valence-electron chi connectivity index (χ4n) is 2.47. The third kappa shape index (κ3) is 3.66. The molecule has 5 heteroatoms. The number of rotatable bonds is 4. The van der Waals surface area contributed by atoms with E-state index in [1.54, 1.807) is 24.5 Å². The van der Waals surface area contributed by atoms with Crippen molar-refractivity contribution in [2.24, 2.45) is 0 Å². The summed E-state index contributed by atoms with van der Waals surface area (Å²) in [4.78, 5) is 24.6. The summed E-state index contributed by atoms with van der Waals surface area (Å²) in [5.41, 5.74) is 2.01. The van der Waals surface area contributed by atoms with Crippen LogP contribution in [-0.2, 0) is 13.1 Å². The number of nitrogens with zero attached hydrogens (tertiary/aromatic N) is 2. The van der Waals surface area contributed by atoms with E-state index in [9.17, 15) is 9.59 Å². The summed E-state index contributed by atoms with van der Waals surface area (Å²) in [5.74, 6) is 0. The summed E-state index contributed by atoms with van der Waals surface area (Å²) in [6.45, 7) is 2.74. The number of halogens is 1. The molecule has 2 aromatic carbocycles. The molecule has 1 aromatic heterocycles. The molecule has 24 heavy (non-hydrogen) atoms. The van der Waals surface area contributed by atoms with Crippen LogP contribution >= 0.6 is 11.6 Å². The van der Waals surface area contributed by atoms with Crippen molar-refractivity contribution in [2.75, 3.05) is 0 Å². The van der Waals surface area contributed by atoms with Crippen molar-refractivity contribution in [1.82, 2.24) is 9.13 Å². The molecule has 0 saturated heterocycles. The predicted molar refractivity (Wildman–Crippen MR) is 95.8 cm³/mol. The predicted octanol–water partition coefficient (Wildman–Crippen LogP) is 3.07. The molecule has 3 rings (SSSR count). The third-order valence-electron chi connectivity index (χ3n) is 3.87. The molecule has 3 aromatic rings. The molecule has 0 atom stereocenters. The standard InChI is InChI=1S/C19H17ClN2O2/c1-14-2-4-15(5-3-14)12-21-10-11-22(19(24)18(21)23)13-16-6-8-17(20)9-7-16/h2-11H,12-13H2,1H3. The van der Waals surface area contributed by atoms with Gasteiger partial charge >= 0.3 is 11.1 Å². The SMILES string of the molecule is Cc1ccc(Cn2ccn(Cc3ccc(Cl)cc3)c(=O)c2=O)cc1. The normalized spacial score (nSPS) is 10.8. The maximum atomic E-state index is 12.3. The van der Waals surface area contributed by atoms with E-state index in [1.807, 2.05) is 43.3 Å². The van der Waals surface area contributed by atoms with Crippen LogP contribution in [-0.4, -0.2) is 9.13 Å². The van der Waals surface area contributed by atoms with Gasteiger partial charge in [0.1, 0.15) is 0 Å². The Kier molecular flexibility index (Phi) is 4.67. The zero-order chi connectivity index (χ0) is 17.1. The lowest BCUT2D eigenvalue weighted by atomic mass is 10.1. The molecule has 0 saturated carbocycles. The van der Waals surface area contributed by atoms with E-state index >= 15 is 0 Å². The number of aromatic nitrogens is 2. The maximum Gasteiger partial charge on any atom is 0.316 e. The summed E-state index contributed by atoms with van der Waals surface area (Å²) in [6.07, 6.45) is 3.30. The molecule has 0 aliphatic heterocycles. The Labute approximate surface area is 144 Å². The monoisotopic (exact) mass is 340 g/mol. The topological polar surface area (TPSA) is 44.0 Å². The number of aryl methyl sites for hydroxylation is 1. The van der Waals surface area contributed by atoms with Crippen molar-refractivity contribution in [1.29, 1.82) is 0 Å². The minimum atomic E-state index is -0.528. The van der Waals surface area contributed by atoms with Gasteiger partial charge in [-0.3, -0.25) is 9.59 Å². The fraction of sp³-hybridized carbons (Fsp3) is 0.158. The molecule has 0 amide bonds. The van der Waals surface area contributed by atoms with Gasteiger partial charge in [0.15, 0.2) is 0 Å². The summed E-state index contributed by atoms with van der Waals surface area (Å²) in [7, 11) is 0. The summed E-state index contributed by atoms with van der Waals surface area (Å²) in [5, 5.41) is 0.639. The largest absolute Gasteiger partial charge is 0.316 e. The van der Waals surface area contributed by atoms with Crippen molar-refractivity contribution in [3.8, 4) is 0 Å². The molecular formula is C19H17ClN2O2. The molecule has 1 heterocycles. The van der Waals surface area contributed by atoms with Gasteiger partial charge in [-0.1, -0.05) is 53.6 Å². The van der Waals surface area contributed by atoms with Gasteiger partial charge in [0.2, 0.25) is 0 Å². The van der Waals surface area contributed by atoms with Crippen molar-refractivity contribution in [3.63, 3.8) is 0 Å². The number of benzene rings is 2. The van der Waals surface area contributed by atoms with Crippen LogP contribution in [0.25, 0.3) is 0 Å². The van der Waals surface area contributed by atoms with Crippen molar-refractivity contribution in [2.45, 2.75) is 20.0 Å². The first-order chi connectivity index (χ1) is 11.5. The molecule has 0 fully saturated rings. The van der Waals surface area contributed by atoms with E-state index in [-0.39, 0.29) is 0 Å². The molecule has 0 N–H and O–H groups in total. The van der Waals surface area contributed by atoms with Gasteiger partial charge in [0.25, 0.3) is 0 Å². The summed E-state index contributed by atoms with van der Waals surface area (Å²) in [6, 6.07) is 15.1. The summed E-state index contributed by atoms with van der Waals surface area (Å²) < 4.78 is 2.85. The first-order valence-corrected chi connectivity index (χ1v) is 8.00. The second-order valence-corrected chi connectivity index (χ2v) is 6.21. The first kappa shape index (κ1) is 16.3. The van der Waals surface area contributed by atoms with Gasteiger partial charge in [-0.2, -0.15) is 0 Å². The lowest BCUT2D eigenvalue weighted by Gasteiger charge is -2.09. The van der Waals surface area contributed by atoms with E-state index in [1.165, 1.54) is 9.13 Å². The van der Waals surface area contributed by atoms with Crippen molar-refractivity contribution < 1.29 is 0 Å². The highest BCUT2D eigenvalue weighted by Crippen LogP contribution is 2.10. The Hall–Kier alpha value is -2.59. The van der Waals surface area contributed by atoms with E-state index < -0.39 is 11.1 Å². The second kappa shape index (κ2) is 6.89. The Morgan fingerprint density at radius 1 is 0.750 bits per heavy atom. The quantitative estimate of drug-likeness (QED) is 0.685. The molecule has 122 valence electrons. The van der Waals surface area contributed by atoms with Crippen LogP contribution in [0.15, 0.2) is 70.5 Å². The fourth-order valence-corrected chi connectivity index (χ4v) is 2.59. The average molecular weight is 341 g/mol. The van der Waals surface area contributed by atoms with Crippen molar-refractivity contribution in [3.05, 3.63) is 103 Å². The minimum Gasteiger partial charge on any atom is -0.305 e. The Morgan fingerprint density at radius 2 is 1.17 bits per heavy atom. The second-order valence-electron chi connectivity index (χ2n) is 5.78. The van der Waals surface area contributed by atoms with Crippen LogP contribution in [0.2, 0.25) is 5.02 Å². The van der Waals surface area contributed by atoms with Crippen LogP contribution in [0, 0.1) is 6.92 Å². The van der Waals surface area contributed by atoms with Gasteiger partial charge in [-0.25, -0.2) is 0 Å². The Balaban J connectivity index is 1.86.